The van der Waals surface area contributed by atoms with E-state index in [9.17, 15) is 9.59 Å². The molecule has 0 bridgehead atoms. The van der Waals surface area contributed by atoms with Gasteiger partial charge in [-0.3, -0.25) is 9.59 Å². The topological polar surface area (TPSA) is 58.2 Å². The summed E-state index contributed by atoms with van der Waals surface area (Å²) in [4.78, 5) is 25.5. The Hall–Kier alpha value is -1.84. The van der Waals surface area contributed by atoms with E-state index in [0.717, 1.165) is 56.9 Å². The number of hydrogen-bond donors (Lipinski definition) is 2. The fourth-order valence-electron chi connectivity index (χ4n) is 3.78. The summed E-state index contributed by atoms with van der Waals surface area (Å²) < 4.78 is 0. The van der Waals surface area contributed by atoms with Gasteiger partial charge >= 0.3 is 0 Å². The lowest BCUT2D eigenvalue weighted by Gasteiger charge is -2.22. The van der Waals surface area contributed by atoms with Crippen LogP contribution < -0.4 is 10.6 Å². The highest BCUT2D eigenvalue weighted by Gasteiger charge is 2.32. The zero-order valence-corrected chi connectivity index (χ0v) is 13.6. The van der Waals surface area contributed by atoms with E-state index in [2.05, 4.69) is 10.6 Å². The molecule has 0 aromatic heterocycles. The van der Waals surface area contributed by atoms with Crippen molar-refractivity contribution in [2.24, 2.45) is 0 Å². The van der Waals surface area contributed by atoms with Crippen molar-refractivity contribution in [3.63, 3.8) is 0 Å². The first-order valence-electron chi connectivity index (χ1n) is 8.90. The first kappa shape index (κ1) is 16.0. The van der Waals surface area contributed by atoms with E-state index < -0.39 is 5.92 Å². The maximum Gasteiger partial charge on any atom is 0.237 e. The molecule has 0 atom stereocenters. The molecule has 0 saturated heterocycles. The van der Waals surface area contributed by atoms with Crippen LogP contribution in [0.4, 0.5) is 0 Å². The predicted octanol–water partition coefficient (Wildman–Crippen LogP) is 2.89. The van der Waals surface area contributed by atoms with E-state index in [-0.39, 0.29) is 23.9 Å². The van der Waals surface area contributed by atoms with E-state index in [4.69, 9.17) is 0 Å². The van der Waals surface area contributed by atoms with E-state index in [1.165, 1.54) is 0 Å². The average molecular weight is 314 g/mol. The van der Waals surface area contributed by atoms with Crippen molar-refractivity contribution in [3.05, 3.63) is 35.9 Å². The minimum absolute atomic E-state index is 0.154. The van der Waals surface area contributed by atoms with Gasteiger partial charge in [-0.1, -0.05) is 56.0 Å². The smallest absolute Gasteiger partial charge is 0.237 e. The molecule has 0 spiro atoms. The Morgan fingerprint density at radius 3 is 1.65 bits per heavy atom. The third-order valence-corrected chi connectivity index (χ3v) is 5.06. The van der Waals surface area contributed by atoms with Gasteiger partial charge in [0, 0.05) is 12.1 Å². The zero-order valence-electron chi connectivity index (χ0n) is 13.6. The molecule has 2 amide bonds. The monoisotopic (exact) mass is 314 g/mol. The quantitative estimate of drug-likeness (QED) is 0.821. The molecule has 0 unspecified atom stereocenters. The van der Waals surface area contributed by atoms with E-state index in [1.54, 1.807) is 0 Å². The molecule has 1 aromatic rings. The normalized spacial score (nSPS) is 19.2. The minimum Gasteiger partial charge on any atom is -0.352 e. The third kappa shape index (κ3) is 4.12. The Bertz CT molecular complexity index is 502. The van der Waals surface area contributed by atoms with Crippen LogP contribution in [0.15, 0.2) is 30.3 Å². The Kier molecular flexibility index (Phi) is 5.31. The molecule has 2 fully saturated rings. The van der Waals surface area contributed by atoms with Gasteiger partial charge in [0.2, 0.25) is 11.8 Å². The molecule has 3 rings (SSSR count). The fourth-order valence-corrected chi connectivity index (χ4v) is 3.78. The molecular weight excluding hydrogens is 288 g/mol. The molecule has 0 aliphatic heterocycles. The fraction of sp³-hybridized carbons (Fsp3) is 0.579. The van der Waals surface area contributed by atoms with Gasteiger partial charge in [-0.25, -0.2) is 0 Å². The van der Waals surface area contributed by atoms with Gasteiger partial charge in [0.25, 0.3) is 0 Å². The lowest BCUT2D eigenvalue weighted by molar-refractivity contribution is -0.132. The number of amides is 2. The molecule has 2 aliphatic carbocycles. The number of rotatable bonds is 5. The van der Waals surface area contributed by atoms with Crippen LogP contribution in [0.2, 0.25) is 0 Å². The molecule has 4 nitrogen and oxygen atoms in total. The van der Waals surface area contributed by atoms with Crippen LogP contribution in [0.1, 0.15) is 62.8 Å². The van der Waals surface area contributed by atoms with Gasteiger partial charge in [0.05, 0.1) is 0 Å². The van der Waals surface area contributed by atoms with Gasteiger partial charge in [0.1, 0.15) is 5.92 Å². The van der Waals surface area contributed by atoms with Crippen molar-refractivity contribution < 1.29 is 9.59 Å². The molecule has 23 heavy (non-hydrogen) atoms. The average Bonchev–Trinajstić information content (AvgIpc) is 3.22. The van der Waals surface area contributed by atoms with Crippen LogP contribution in [-0.2, 0) is 9.59 Å². The molecule has 0 heterocycles. The van der Waals surface area contributed by atoms with Gasteiger partial charge in [0.15, 0.2) is 0 Å². The standard InChI is InChI=1S/C19H26N2O2/c22-18(20-15-10-4-5-11-15)17(14-8-2-1-3-9-14)19(23)21-16-12-6-7-13-16/h1-3,8-9,15-17H,4-7,10-13H2,(H,20,22)(H,21,23). The van der Waals surface area contributed by atoms with Gasteiger partial charge < -0.3 is 10.6 Å². The molecule has 0 radical (unpaired) electrons. The number of hydrogen-bond acceptors (Lipinski definition) is 2. The summed E-state index contributed by atoms with van der Waals surface area (Å²) in [7, 11) is 0. The summed E-state index contributed by atoms with van der Waals surface area (Å²) in [5.74, 6) is -1.05. The van der Waals surface area contributed by atoms with E-state index >= 15 is 0 Å². The SMILES string of the molecule is O=C(NC1CCCC1)C(C(=O)NC1CCCC1)c1ccccc1. The van der Waals surface area contributed by atoms with Gasteiger partial charge in [-0.05, 0) is 31.2 Å². The van der Waals surface area contributed by atoms with Crippen LogP contribution in [-0.4, -0.2) is 23.9 Å². The number of carbonyl (C=O) groups is 2. The summed E-state index contributed by atoms with van der Waals surface area (Å²) in [5, 5.41) is 6.17. The molecule has 2 saturated carbocycles. The molecule has 124 valence electrons. The number of benzene rings is 1. The summed E-state index contributed by atoms with van der Waals surface area (Å²) in [5.41, 5.74) is 0.776. The van der Waals surface area contributed by atoms with Crippen molar-refractivity contribution in [1.29, 1.82) is 0 Å². The second-order valence-electron chi connectivity index (χ2n) is 6.82. The summed E-state index contributed by atoms with van der Waals surface area (Å²) >= 11 is 0. The van der Waals surface area contributed by atoms with Crippen LogP contribution in [0, 0.1) is 0 Å². The lowest BCUT2D eigenvalue weighted by Crippen LogP contribution is -2.45. The highest BCUT2D eigenvalue weighted by Crippen LogP contribution is 2.23. The number of carbonyl (C=O) groups excluding carboxylic acids is 2. The van der Waals surface area contributed by atoms with E-state index in [0.29, 0.717) is 0 Å². The maximum absolute atomic E-state index is 12.7. The van der Waals surface area contributed by atoms with E-state index in [1.807, 2.05) is 30.3 Å². The zero-order chi connectivity index (χ0) is 16.1. The minimum atomic E-state index is -0.739. The largest absolute Gasteiger partial charge is 0.352 e. The Balaban J connectivity index is 1.72. The van der Waals surface area contributed by atoms with Crippen molar-refractivity contribution in [2.75, 3.05) is 0 Å². The van der Waals surface area contributed by atoms with Crippen molar-refractivity contribution >= 4 is 11.8 Å². The molecule has 2 N–H and O–H groups in total. The maximum atomic E-state index is 12.7. The Labute approximate surface area is 138 Å². The molecule has 2 aliphatic rings. The van der Waals surface area contributed by atoms with Crippen molar-refractivity contribution in [1.82, 2.24) is 10.6 Å². The number of nitrogens with one attached hydrogen (secondary N) is 2. The van der Waals surface area contributed by atoms with Crippen LogP contribution in [0.25, 0.3) is 0 Å². The van der Waals surface area contributed by atoms with Crippen LogP contribution in [0.3, 0.4) is 0 Å². The Morgan fingerprint density at radius 2 is 1.22 bits per heavy atom. The van der Waals surface area contributed by atoms with Crippen LogP contribution >= 0.6 is 0 Å². The summed E-state index contributed by atoms with van der Waals surface area (Å²) in [6.07, 6.45) is 8.75. The first-order valence-corrected chi connectivity index (χ1v) is 8.90. The second kappa shape index (κ2) is 7.62. The molecular formula is C19H26N2O2. The summed E-state index contributed by atoms with van der Waals surface area (Å²) in [6.45, 7) is 0. The molecule has 4 heteroatoms. The second-order valence-corrected chi connectivity index (χ2v) is 6.82. The highest BCUT2D eigenvalue weighted by molar-refractivity contribution is 6.05. The summed E-state index contributed by atoms with van der Waals surface area (Å²) in [6, 6.07) is 9.87. The van der Waals surface area contributed by atoms with Gasteiger partial charge in [-0.15, -0.1) is 0 Å². The lowest BCUT2D eigenvalue weighted by atomic mass is 9.96. The van der Waals surface area contributed by atoms with Crippen molar-refractivity contribution in [3.8, 4) is 0 Å². The predicted molar refractivity (Wildman–Crippen MR) is 90.0 cm³/mol. The third-order valence-electron chi connectivity index (χ3n) is 5.06. The molecule has 1 aromatic carbocycles. The van der Waals surface area contributed by atoms with Crippen LogP contribution in [0.5, 0.6) is 0 Å². The first-order chi connectivity index (χ1) is 11.2. The Morgan fingerprint density at radius 1 is 0.783 bits per heavy atom. The van der Waals surface area contributed by atoms with Crippen molar-refractivity contribution in [2.45, 2.75) is 69.4 Å². The van der Waals surface area contributed by atoms with Gasteiger partial charge in [-0.2, -0.15) is 0 Å². The highest BCUT2D eigenvalue weighted by atomic mass is 16.2.